The van der Waals surface area contributed by atoms with Crippen LogP contribution >= 0.6 is 50.9 Å². The average Bonchev–Trinajstić information content (AvgIpc) is 2.40. The zero-order valence-electron chi connectivity index (χ0n) is 10.7. The van der Waals surface area contributed by atoms with E-state index in [9.17, 15) is 4.79 Å². The van der Waals surface area contributed by atoms with Crippen LogP contribution in [0.4, 0.5) is 11.4 Å². The predicted molar refractivity (Wildman–Crippen MR) is 94.4 cm³/mol. The number of amides is 1. The standard InChI is InChI=1S/C14H11BrCl2N2OS/c15-8-2-1-3-10(4-8)21-7-13(20)19-14-11(17)5-9(16)6-12(14)18/h1-6H,7,18H2,(H,19,20). The second-order valence-electron chi connectivity index (χ2n) is 4.15. The number of halogens is 3. The molecular weight excluding hydrogens is 395 g/mol. The van der Waals surface area contributed by atoms with Gasteiger partial charge in [0, 0.05) is 14.4 Å². The van der Waals surface area contributed by atoms with Crippen molar-refractivity contribution in [2.45, 2.75) is 4.90 Å². The summed E-state index contributed by atoms with van der Waals surface area (Å²) in [5.74, 6) is 0.0744. The Morgan fingerprint density at radius 3 is 2.71 bits per heavy atom. The third kappa shape index (κ3) is 4.81. The second-order valence-corrected chi connectivity index (χ2v) is 6.95. The fourth-order valence-corrected chi connectivity index (χ4v) is 3.47. The Bertz CT molecular complexity index is 659. The van der Waals surface area contributed by atoms with Crippen molar-refractivity contribution in [3.05, 3.63) is 50.9 Å². The van der Waals surface area contributed by atoms with Crippen molar-refractivity contribution in [2.24, 2.45) is 0 Å². The van der Waals surface area contributed by atoms with Crippen LogP contribution in [0, 0.1) is 0 Å². The minimum Gasteiger partial charge on any atom is -0.397 e. The van der Waals surface area contributed by atoms with Crippen LogP contribution < -0.4 is 11.1 Å². The summed E-state index contributed by atoms with van der Waals surface area (Å²) in [5.41, 5.74) is 6.53. The molecule has 3 nitrogen and oxygen atoms in total. The van der Waals surface area contributed by atoms with E-state index in [1.807, 2.05) is 24.3 Å². The Morgan fingerprint density at radius 1 is 1.29 bits per heavy atom. The van der Waals surface area contributed by atoms with Gasteiger partial charge in [-0.1, -0.05) is 45.2 Å². The van der Waals surface area contributed by atoms with Gasteiger partial charge in [-0.05, 0) is 30.3 Å². The Kier molecular flexibility index (Phi) is 5.81. The number of nitrogen functional groups attached to an aromatic ring is 1. The van der Waals surface area contributed by atoms with Crippen LogP contribution in [-0.2, 0) is 4.79 Å². The lowest BCUT2D eigenvalue weighted by Crippen LogP contribution is -2.15. The molecule has 0 bridgehead atoms. The molecule has 0 saturated carbocycles. The monoisotopic (exact) mass is 404 g/mol. The summed E-state index contributed by atoms with van der Waals surface area (Å²) in [6, 6.07) is 10.8. The van der Waals surface area contributed by atoms with Gasteiger partial charge in [-0.2, -0.15) is 0 Å². The summed E-state index contributed by atoms with van der Waals surface area (Å²) in [6.45, 7) is 0. The summed E-state index contributed by atoms with van der Waals surface area (Å²) < 4.78 is 0.970. The van der Waals surface area contributed by atoms with Crippen molar-refractivity contribution >= 4 is 68.2 Å². The van der Waals surface area contributed by atoms with E-state index in [2.05, 4.69) is 21.2 Å². The molecule has 3 N–H and O–H groups in total. The summed E-state index contributed by atoms with van der Waals surface area (Å²) in [7, 11) is 0. The number of hydrogen-bond acceptors (Lipinski definition) is 3. The molecule has 0 aliphatic rings. The molecule has 0 heterocycles. The molecule has 0 aliphatic heterocycles. The number of hydrogen-bond donors (Lipinski definition) is 2. The molecule has 0 unspecified atom stereocenters. The molecule has 21 heavy (non-hydrogen) atoms. The van der Waals surface area contributed by atoms with E-state index in [0.29, 0.717) is 21.4 Å². The lowest BCUT2D eigenvalue weighted by atomic mass is 10.2. The first-order chi connectivity index (χ1) is 9.95. The van der Waals surface area contributed by atoms with Crippen molar-refractivity contribution in [3.63, 3.8) is 0 Å². The number of rotatable bonds is 4. The first-order valence-corrected chi connectivity index (χ1v) is 8.42. The Hall–Kier alpha value is -0.880. The fraction of sp³-hybridized carbons (Fsp3) is 0.0714. The van der Waals surface area contributed by atoms with Crippen LogP contribution in [0.3, 0.4) is 0 Å². The molecule has 0 aliphatic carbocycles. The second kappa shape index (κ2) is 7.40. The number of anilines is 2. The number of carbonyl (C=O) groups excluding carboxylic acids is 1. The van der Waals surface area contributed by atoms with Crippen LogP contribution in [0.1, 0.15) is 0 Å². The lowest BCUT2D eigenvalue weighted by Gasteiger charge is -2.10. The van der Waals surface area contributed by atoms with Crippen molar-refractivity contribution < 1.29 is 4.79 Å². The topological polar surface area (TPSA) is 55.1 Å². The van der Waals surface area contributed by atoms with E-state index in [0.717, 1.165) is 9.37 Å². The normalized spacial score (nSPS) is 10.4. The van der Waals surface area contributed by atoms with Gasteiger partial charge in [-0.25, -0.2) is 0 Å². The minimum absolute atomic E-state index is 0.184. The van der Waals surface area contributed by atoms with Crippen molar-refractivity contribution in [2.75, 3.05) is 16.8 Å². The molecule has 0 spiro atoms. The van der Waals surface area contributed by atoms with E-state index in [1.54, 1.807) is 6.07 Å². The van der Waals surface area contributed by atoms with Gasteiger partial charge >= 0.3 is 0 Å². The Morgan fingerprint density at radius 2 is 2.05 bits per heavy atom. The minimum atomic E-state index is -0.184. The molecule has 110 valence electrons. The quantitative estimate of drug-likeness (QED) is 0.551. The van der Waals surface area contributed by atoms with Gasteiger partial charge in [0.05, 0.1) is 22.2 Å². The summed E-state index contributed by atoms with van der Waals surface area (Å²) in [5, 5.41) is 3.45. The molecule has 0 aromatic heterocycles. The number of nitrogens with one attached hydrogen (secondary N) is 1. The third-order valence-electron chi connectivity index (χ3n) is 2.52. The van der Waals surface area contributed by atoms with Crippen molar-refractivity contribution in [1.29, 1.82) is 0 Å². The molecule has 7 heteroatoms. The maximum absolute atomic E-state index is 12.0. The predicted octanol–water partition coefficient (Wildman–Crippen LogP) is 5.07. The molecule has 0 fully saturated rings. The highest BCUT2D eigenvalue weighted by Gasteiger charge is 2.11. The molecule has 2 aromatic carbocycles. The van der Waals surface area contributed by atoms with E-state index in [1.165, 1.54) is 17.8 Å². The number of thioether (sulfide) groups is 1. The third-order valence-corrected chi connectivity index (χ3v) is 4.52. The lowest BCUT2D eigenvalue weighted by molar-refractivity contribution is -0.113. The van der Waals surface area contributed by atoms with Crippen molar-refractivity contribution in [1.82, 2.24) is 0 Å². The van der Waals surface area contributed by atoms with Crippen LogP contribution in [-0.4, -0.2) is 11.7 Å². The Balaban J connectivity index is 1.99. The number of benzene rings is 2. The highest BCUT2D eigenvalue weighted by atomic mass is 79.9. The van der Waals surface area contributed by atoms with Gasteiger partial charge in [0.25, 0.3) is 0 Å². The highest BCUT2D eigenvalue weighted by molar-refractivity contribution is 9.10. The SMILES string of the molecule is Nc1cc(Cl)cc(Cl)c1NC(=O)CSc1cccc(Br)c1. The van der Waals surface area contributed by atoms with Gasteiger partial charge < -0.3 is 11.1 Å². The number of nitrogens with two attached hydrogens (primary N) is 1. The first-order valence-electron chi connectivity index (χ1n) is 5.88. The molecule has 2 rings (SSSR count). The van der Waals surface area contributed by atoms with Gasteiger partial charge in [-0.15, -0.1) is 11.8 Å². The highest BCUT2D eigenvalue weighted by Crippen LogP contribution is 2.32. The Labute approximate surface area is 145 Å². The fourth-order valence-electron chi connectivity index (χ4n) is 1.61. The van der Waals surface area contributed by atoms with Gasteiger partial charge in [0.1, 0.15) is 0 Å². The molecule has 2 aromatic rings. The maximum Gasteiger partial charge on any atom is 0.234 e. The van der Waals surface area contributed by atoms with Gasteiger partial charge in [-0.3, -0.25) is 4.79 Å². The first kappa shape index (κ1) is 16.5. The van der Waals surface area contributed by atoms with Crippen LogP contribution in [0.2, 0.25) is 10.0 Å². The van der Waals surface area contributed by atoms with Crippen LogP contribution in [0.25, 0.3) is 0 Å². The molecule has 0 atom stereocenters. The van der Waals surface area contributed by atoms with E-state index >= 15 is 0 Å². The molecular formula is C14H11BrCl2N2OS. The van der Waals surface area contributed by atoms with Gasteiger partial charge in [0.2, 0.25) is 5.91 Å². The van der Waals surface area contributed by atoms with E-state index in [4.69, 9.17) is 28.9 Å². The smallest absolute Gasteiger partial charge is 0.234 e. The zero-order chi connectivity index (χ0) is 15.4. The van der Waals surface area contributed by atoms with E-state index in [-0.39, 0.29) is 11.7 Å². The average molecular weight is 406 g/mol. The maximum atomic E-state index is 12.0. The largest absolute Gasteiger partial charge is 0.397 e. The summed E-state index contributed by atoms with van der Waals surface area (Å²) in [6.07, 6.45) is 0. The van der Waals surface area contributed by atoms with E-state index < -0.39 is 0 Å². The number of carbonyl (C=O) groups is 1. The van der Waals surface area contributed by atoms with Crippen LogP contribution in [0.5, 0.6) is 0 Å². The van der Waals surface area contributed by atoms with Crippen molar-refractivity contribution in [3.8, 4) is 0 Å². The van der Waals surface area contributed by atoms with Gasteiger partial charge in [0.15, 0.2) is 0 Å². The molecule has 0 saturated heterocycles. The zero-order valence-corrected chi connectivity index (χ0v) is 14.6. The summed E-state index contributed by atoms with van der Waals surface area (Å²) in [4.78, 5) is 13.0. The molecule has 0 radical (unpaired) electrons. The summed E-state index contributed by atoms with van der Waals surface area (Å²) >= 11 is 16.7. The van der Waals surface area contributed by atoms with Crippen LogP contribution in [0.15, 0.2) is 45.8 Å². The molecule has 1 amide bonds.